The molecular weight excluding hydrogens is 214 g/mol. The highest BCUT2D eigenvalue weighted by molar-refractivity contribution is 5.82. The van der Waals surface area contributed by atoms with Crippen LogP contribution in [-0.2, 0) is 0 Å². The van der Waals surface area contributed by atoms with Gasteiger partial charge in [-0.25, -0.2) is 4.98 Å². The second-order valence-corrected chi connectivity index (χ2v) is 4.68. The minimum Gasteiger partial charge on any atom is -0.356 e. The van der Waals surface area contributed by atoms with Crippen LogP contribution in [0.15, 0.2) is 18.3 Å². The summed E-state index contributed by atoms with van der Waals surface area (Å²) < 4.78 is 0. The predicted octanol–water partition coefficient (Wildman–Crippen LogP) is 1.42. The highest BCUT2D eigenvalue weighted by atomic mass is 16.1. The molecule has 1 aliphatic rings. The Labute approximate surface area is 102 Å². The van der Waals surface area contributed by atoms with Crippen molar-refractivity contribution in [3.63, 3.8) is 0 Å². The average Bonchev–Trinajstić information content (AvgIpc) is 2.39. The van der Waals surface area contributed by atoms with Crippen LogP contribution in [-0.4, -0.2) is 49.4 Å². The number of nitrogens with zero attached hydrogens (tertiary/aromatic N) is 3. The van der Waals surface area contributed by atoms with Crippen LogP contribution in [0.4, 0.5) is 5.82 Å². The average molecular weight is 233 g/mol. The molecular formula is C13H19N3O. The van der Waals surface area contributed by atoms with Gasteiger partial charge in [-0.15, -0.1) is 0 Å². The summed E-state index contributed by atoms with van der Waals surface area (Å²) in [5.41, 5.74) is 0.675. The van der Waals surface area contributed by atoms with Gasteiger partial charge in [0.2, 0.25) is 0 Å². The van der Waals surface area contributed by atoms with Crippen molar-refractivity contribution >= 4 is 12.1 Å². The summed E-state index contributed by atoms with van der Waals surface area (Å²) in [5.74, 6) is 0.803. The fraction of sp³-hybridized carbons (Fsp3) is 0.538. The molecule has 0 spiro atoms. The van der Waals surface area contributed by atoms with Gasteiger partial charge in [-0.2, -0.15) is 0 Å². The molecule has 0 bridgehead atoms. The van der Waals surface area contributed by atoms with Crippen LogP contribution in [0, 0.1) is 0 Å². The lowest BCUT2D eigenvalue weighted by Crippen LogP contribution is -2.42. The van der Waals surface area contributed by atoms with Crippen molar-refractivity contribution in [2.45, 2.75) is 18.9 Å². The molecule has 0 saturated carbocycles. The largest absolute Gasteiger partial charge is 0.356 e. The molecule has 1 aromatic heterocycles. The van der Waals surface area contributed by atoms with Crippen molar-refractivity contribution in [3.05, 3.63) is 23.9 Å². The number of aromatic nitrogens is 1. The summed E-state index contributed by atoms with van der Waals surface area (Å²) in [4.78, 5) is 19.8. The topological polar surface area (TPSA) is 36.4 Å². The zero-order chi connectivity index (χ0) is 12.3. The molecule has 17 heavy (non-hydrogen) atoms. The molecule has 2 rings (SSSR count). The Morgan fingerprint density at radius 2 is 2.18 bits per heavy atom. The molecule has 0 atom stereocenters. The molecule has 0 amide bonds. The van der Waals surface area contributed by atoms with Crippen LogP contribution < -0.4 is 4.90 Å². The van der Waals surface area contributed by atoms with Crippen molar-refractivity contribution < 1.29 is 4.79 Å². The van der Waals surface area contributed by atoms with Gasteiger partial charge < -0.3 is 9.80 Å². The number of carbonyl (C=O) groups is 1. The minimum absolute atomic E-state index is 0.486. The molecule has 0 unspecified atom stereocenters. The molecule has 1 aliphatic heterocycles. The lowest BCUT2D eigenvalue weighted by molar-refractivity contribution is 0.112. The quantitative estimate of drug-likeness (QED) is 0.740. The first kappa shape index (κ1) is 12.0. The Kier molecular flexibility index (Phi) is 3.74. The standard InChI is InChI=1S/C13H19N3O/c1-15-8-5-12(6-9-15)16(2)13-11(10-17)4-3-7-14-13/h3-4,7,10,12H,5-6,8-9H2,1-2H3. The van der Waals surface area contributed by atoms with Gasteiger partial charge in [0.05, 0.1) is 5.56 Å². The van der Waals surface area contributed by atoms with E-state index in [9.17, 15) is 4.79 Å². The smallest absolute Gasteiger partial charge is 0.153 e. The molecule has 1 saturated heterocycles. The van der Waals surface area contributed by atoms with Gasteiger partial charge in [0, 0.05) is 19.3 Å². The third-order valence-electron chi connectivity index (χ3n) is 3.51. The Bertz CT molecular complexity index is 386. The maximum absolute atomic E-state index is 11.0. The fourth-order valence-electron chi connectivity index (χ4n) is 2.35. The molecule has 0 radical (unpaired) electrons. The number of hydrogen-bond donors (Lipinski definition) is 0. The number of rotatable bonds is 3. The zero-order valence-electron chi connectivity index (χ0n) is 10.5. The van der Waals surface area contributed by atoms with Gasteiger partial charge in [0.15, 0.2) is 6.29 Å². The Morgan fingerprint density at radius 1 is 1.47 bits per heavy atom. The molecule has 92 valence electrons. The summed E-state index contributed by atoms with van der Waals surface area (Å²) in [6.45, 7) is 2.22. The van der Waals surface area contributed by atoms with E-state index in [0.717, 1.165) is 38.0 Å². The molecule has 1 fully saturated rings. The highest BCUT2D eigenvalue weighted by Gasteiger charge is 2.22. The molecule has 1 aromatic rings. The fourth-order valence-corrected chi connectivity index (χ4v) is 2.35. The van der Waals surface area contributed by atoms with Crippen molar-refractivity contribution in [2.24, 2.45) is 0 Å². The highest BCUT2D eigenvalue weighted by Crippen LogP contribution is 2.21. The van der Waals surface area contributed by atoms with Crippen molar-refractivity contribution in [3.8, 4) is 0 Å². The van der Waals surface area contributed by atoms with E-state index in [1.54, 1.807) is 12.3 Å². The van der Waals surface area contributed by atoms with Gasteiger partial charge in [-0.1, -0.05) is 0 Å². The number of hydrogen-bond acceptors (Lipinski definition) is 4. The van der Waals surface area contributed by atoms with Gasteiger partial charge >= 0.3 is 0 Å². The van der Waals surface area contributed by atoms with E-state index in [-0.39, 0.29) is 0 Å². The Balaban J connectivity index is 2.13. The number of carbonyl (C=O) groups excluding carboxylic acids is 1. The monoisotopic (exact) mass is 233 g/mol. The lowest BCUT2D eigenvalue weighted by atomic mass is 10.0. The van der Waals surface area contributed by atoms with Crippen LogP contribution in [0.3, 0.4) is 0 Å². The molecule has 0 aromatic carbocycles. The number of pyridine rings is 1. The minimum atomic E-state index is 0.486. The number of piperidine rings is 1. The number of aldehydes is 1. The number of likely N-dealkylation sites (tertiary alicyclic amines) is 1. The van der Waals surface area contributed by atoms with Crippen molar-refractivity contribution in [1.82, 2.24) is 9.88 Å². The Morgan fingerprint density at radius 3 is 2.82 bits per heavy atom. The predicted molar refractivity (Wildman–Crippen MR) is 68.5 cm³/mol. The summed E-state index contributed by atoms with van der Waals surface area (Å²) in [5, 5.41) is 0. The van der Waals surface area contributed by atoms with Gasteiger partial charge in [-0.05, 0) is 45.1 Å². The zero-order valence-corrected chi connectivity index (χ0v) is 10.5. The van der Waals surface area contributed by atoms with Gasteiger partial charge in [-0.3, -0.25) is 4.79 Å². The van der Waals surface area contributed by atoms with Crippen LogP contribution in [0.25, 0.3) is 0 Å². The van der Waals surface area contributed by atoms with E-state index in [1.807, 2.05) is 13.1 Å². The summed E-state index contributed by atoms with van der Waals surface area (Å²) >= 11 is 0. The molecule has 4 nitrogen and oxygen atoms in total. The van der Waals surface area contributed by atoms with E-state index >= 15 is 0 Å². The summed E-state index contributed by atoms with van der Waals surface area (Å²) in [6, 6.07) is 4.11. The van der Waals surface area contributed by atoms with E-state index in [4.69, 9.17) is 0 Å². The van der Waals surface area contributed by atoms with Crippen molar-refractivity contribution in [1.29, 1.82) is 0 Å². The second kappa shape index (κ2) is 5.27. The normalized spacial score (nSPS) is 18.0. The number of anilines is 1. The first-order valence-corrected chi connectivity index (χ1v) is 6.04. The van der Waals surface area contributed by atoms with Crippen LogP contribution >= 0.6 is 0 Å². The first-order chi connectivity index (χ1) is 8.22. The molecule has 4 heteroatoms. The molecule has 0 N–H and O–H groups in total. The Hall–Kier alpha value is -1.42. The third kappa shape index (κ3) is 2.64. The van der Waals surface area contributed by atoms with Crippen LogP contribution in [0.2, 0.25) is 0 Å². The molecule has 0 aliphatic carbocycles. The van der Waals surface area contributed by atoms with Crippen molar-refractivity contribution in [2.75, 3.05) is 32.1 Å². The maximum atomic E-state index is 11.0. The maximum Gasteiger partial charge on any atom is 0.153 e. The second-order valence-electron chi connectivity index (χ2n) is 4.68. The van der Waals surface area contributed by atoms with Crippen LogP contribution in [0.1, 0.15) is 23.2 Å². The summed E-state index contributed by atoms with van der Waals surface area (Å²) in [7, 11) is 4.18. The van der Waals surface area contributed by atoms with E-state index in [1.165, 1.54) is 0 Å². The first-order valence-electron chi connectivity index (χ1n) is 6.04. The van der Waals surface area contributed by atoms with Crippen LogP contribution in [0.5, 0.6) is 0 Å². The SMILES string of the molecule is CN1CCC(N(C)c2ncccc2C=O)CC1. The third-order valence-corrected chi connectivity index (χ3v) is 3.51. The van der Waals surface area contributed by atoms with Gasteiger partial charge in [0.25, 0.3) is 0 Å². The van der Waals surface area contributed by atoms with E-state index in [0.29, 0.717) is 11.6 Å². The molecule has 2 heterocycles. The lowest BCUT2D eigenvalue weighted by Gasteiger charge is -2.36. The van der Waals surface area contributed by atoms with E-state index in [2.05, 4.69) is 21.8 Å². The van der Waals surface area contributed by atoms with E-state index < -0.39 is 0 Å². The van der Waals surface area contributed by atoms with Gasteiger partial charge in [0.1, 0.15) is 5.82 Å². The summed E-state index contributed by atoms with van der Waals surface area (Å²) in [6.07, 6.45) is 4.88.